The molecule has 14 nitrogen and oxygen atoms in total. The summed E-state index contributed by atoms with van der Waals surface area (Å²) in [6.07, 6.45) is 1.29. The monoisotopic (exact) mass is 446 g/mol. The van der Waals surface area contributed by atoms with Gasteiger partial charge in [-0.1, -0.05) is 11.8 Å². The van der Waals surface area contributed by atoms with Gasteiger partial charge in [0.25, 0.3) is 0 Å². The molecule has 2 saturated heterocycles. The first-order valence-corrected chi connectivity index (χ1v) is 10.4. The quantitative estimate of drug-likeness (QED) is 0.242. The minimum atomic E-state index is -1.24. The van der Waals surface area contributed by atoms with Gasteiger partial charge < -0.3 is 20.1 Å². The van der Waals surface area contributed by atoms with Gasteiger partial charge in [-0.25, -0.2) is 9.36 Å². The van der Waals surface area contributed by atoms with Crippen molar-refractivity contribution in [3.63, 3.8) is 0 Å². The molecule has 0 aromatic carbocycles. The van der Waals surface area contributed by atoms with Gasteiger partial charge >= 0.3 is 18.9 Å². The normalized spacial score (nSPS) is 25.1. The number of β-lactam (4-membered cyclic amide) rings is 1. The van der Waals surface area contributed by atoms with E-state index in [-0.39, 0.29) is 54.7 Å². The number of amides is 2. The van der Waals surface area contributed by atoms with E-state index in [9.17, 15) is 19.5 Å². The summed E-state index contributed by atoms with van der Waals surface area (Å²) in [5, 5.41) is 36.3. The van der Waals surface area contributed by atoms with Crippen molar-refractivity contribution in [1.82, 2.24) is 50.6 Å². The van der Waals surface area contributed by atoms with Crippen LogP contribution >= 0.6 is 23.5 Å². The maximum absolute atomic E-state index is 12.5. The molecule has 2 fully saturated rings. The van der Waals surface area contributed by atoms with Crippen LogP contribution in [-0.2, 0) is 28.0 Å². The molecule has 0 saturated carbocycles. The van der Waals surface area contributed by atoms with Gasteiger partial charge in [0.05, 0.1) is 5.97 Å². The number of aryl methyl sites for hydroxylation is 1. The Balaban J connectivity index is 0.00000256. The Morgan fingerprint density at radius 2 is 2.20 bits per heavy atom. The topological polar surface area (TPSA) is 177 Å². The number of hydrogen-bond acceptors (Lipinski definition) is 12. The number of carboxylic acids is 1. The number of nitrogens with one attached hydrogen (secondary N) is 1. The number of fused-ring (bicyclic) bond motifs is 1. The molecule has 2 aliphatic rings. The average molecular weight is 446 g/mol. The fourth-order valence-corrected chi connectivity index (χ4v) is 5.76. The second-order valence-electron chi connectivity index (χ2n) is 6.66. The molecule has 4 heterocycles. The zero-order valence-electron chi connectivity index (χ0n) is 16.0. The minimum Gasteiger partial charge on any atom is -0.549 e. The van der Waals surface area contributed by atoms with Crippen LogP contribution in [0.5, 0.6) is 0 Å². The van der Waals surface area contributed by atoms with Crippen molar-refractivity contribution >= 4 is 41.3 Å². The number of tetrazole rings is 2. The summed E-state index contributed by atoms with van der Waals surface area (Å²) in [7, 11) is 1.65. The summed E-state index contributed by atoms with van der Waals surface area (Å²) in [5.41, 5.74) is -1.24. The minimum absolute atomic E-state index is 0. The first-order valence-electron chi connectivity index (χ1n) is 8.38. The molecule has 2 aromatic heterocycles. The Bertz CT molecular complexity index is 942. The molecule has 2 amide bonds. The zero-order chi connectivity index (χ0) is 20.6. The molecular formula is C13H15LiN10O4S2. The fourth-order valence-electron chi connectivity index (χ4n) is 3.06. The molecule has 17 heteroatoms. The number of rotatable bonds is 7. The Morgan fingerprint density at radius 3 is 2.83 bits per heavy atom. The van der Waals surface area contributed by atoms with Crippen molar-refractivity contribution in [2.75, 3.05) is 18.1 Å². The van der Waals surface area contributed by atoms with E-state index in [1.165, 1.54) is 44.1 Å². The predicted octanol–water partition coefficient (Wildman–Crippen LogP) is -6.87. The third-order valence-electron chi connectivity index (χ3n) is 4.65. The SMILES string of the molecule is Cn1nnnc1SCC1(C(=O)[O-])CS[C@@H]2C(NC(=O)Cn3cnnn3)C(=O)N2C1.[Li+]. The summed E-state index contributed by atoms with van der Waals surface area (Å²) in [6.45, 7) is -0.108. The largest absolute Gasteiger partial charge is 1.00 e. The standard InChI is InChI=1S/C13H16N10O4S2.Li/c1-21-12(16-18-19-21)29-5-13(11(26)27)3-23-9(25)8(10(23)28-4-13)15-7(24)2-22-6-14-17-20-22;/h6,8,10H,2-5H2,1H3,(H,15,24)(H,26,27);/q;+1/p-1/t8?,10-,13?;/m1./s1. The van der Waals surface area contributed by atoms with E-state index in [2.05, 4.69) is 36.4 Å². The van der Waals surface area contributed by atoms with E-state index in [0.717, 1.165) is 0 Å². The van der Waals surface area contributed by atoms with Gasteiger partial charge in [-0.3, -0.25) is 9.59 Å². The van der Waals surface area contributed by atoms with Gasteiger partial charge in [-0.2, -0.15) is 0 Å². The molecule has 154 valence electrons. The van der Waals surface area contributed by atoms with E-state index in [1.54, 1.807) is 7.05 Å². The molecule has 4 rings (SSSR count). The van der Waals surface area contributed by atoms with Crippen LogP contribution in [0, 0.1) is 5.41 Å². The third-order valence-corrected chi connectivity index (χ3v) is 7.54. The maximum atomic E-state index is 12.5. The van der Waals surface area contributed by atoms with Crippen molar-refractivity contribution in [2.24, 2.45) is 12.5 Å². The van der Waals surface area contributed by atoms with Gasteiger partial charge in [-0.05, 0) is 20.9 Å². The van der Waals surface area contributed by atoms with Gasteiger partial charge in [0.1, 0.15) is 24.3 Å². The molecule has 0 aliphatic carbocycles. The van der Waals surface area contributed by atoms with E-state index in [4.69, 9.17) is 0 Å². The van der Waals surface area contributed by atoms with Crippen LogP contribution in [0.15, 0.2) is 11.5 Å². The van der Waals surface area contributed by atoms with Crippen LogP contribution in [0.2, 0.25) is 0 Å². The van der Waals surface area contributed by atoms with Crippen molar-refractivity contribution < 1.29 is 38.4 Å². The van der Waals surface area contributed by atoms with Crippen molar-refractivity contribution in [1.29, 1.82) is 0 Å². The fraction of sp³-hybridized carbons (Fsp3) is 0.615. The molecule has 2 aliphatic heterocycles. The van der Waals surface area contributed by atoms with Gasteiger partial charge in [0, 0.05) is 30.5 Å². The number of carbonyl (C=O) groups is 3. The first kappa shape index (κ1) is 22.5. The smallest absolute Gasteiger partial charge is 0.549 e. The van der Waals surface area contributed by atoms with Crippen LogP contribution in [0.1, 0.15) is 0 Å². The Morgan fingerprint density at radius 1 is 1.40 bits per heavy atom. The van der Waals surface area contributed by atoms with Crippen LogP contribution in [-0.4, -0.2) is 92.6 Å². The van der Waals surface area contributed by atoms with Gasteiger partial charge in [0.15, 0.2) is 0 Å². The van der Waals surface area contributed by atoms with Crippen LogP contribution in [0.3, 0.4) is 0 Å². The molecule has 3 atom stereocenters. The molecule has 30 heavy (non-hydrogen) atoms. The Labute approximate surface area is 190 Å². The molecule has 2 unspecified atom stereocenters. The Hall–Kier alpha value is -2.15. The maximum Gasteiger partial charge on any atom is 1.00 e. The van der Waals surface area contributed by atoms with E-state index >= 15 is 0 Å². The zero-order valence-corrected chi connectivity index (χ0v) is 17.7. The number of carbonyl (C=O) groups excluding carboxylic acids is 3. The second-order valence-corrected chi connectivity index (χ2v) is 8.71. The predicted molar refractivity (Wildman–Crippen MR) is 94.7 cm³/mol. The third kappa shape index (κ3) is 4.17. The average Bonchev–Trinajstić information content (AvgIpc) is 3.35. The summed E-state index contributed by atoms with van der Waals surface area (Å²) in [5.74, 6) is -1.57. The van der Waals surface area contributed by atoms with Crippen LogP contribution < -0.4 is 29.3 Å². The molecular weight excluding hydrogens is 431 g/mol. The number of carboxylic acid groups (broad SMARTS) is 1. The number of hydrogen-bond donors (Lipinski definition) is 1. The number of nitrogens with zero attached hydrogens (tertiary/aromatic N) is 9. The molecule has 2 aromatic rings. The summed E-state index contributed by atoms with van der Waals surface area (Å²) in [4.78, 5) is 38.0. The van der Waals surface area contributed by atoms with Gasteiger partial charge in [-0.15, -0.1) is 22.0 Å². The molecule has 0 spiro atoms. The molecule has 0 bridgehead atoms. The summed E-state index contributed by atoms with van der Waals surface area (Å²) in [6, 6.07) is -0.709. The van der Waals surface area contributed by atoms with E-state index in [0.29, 0.717) is 5.16 Å². The molecule has 1 N–H and O–H groups in total. The summed E-state index contributed by atoms with van der Waals surface area (Å²) < 4.78 is 2.68. The van der Waals surface area contributed by atoms with E-state index in [1.807, 2.05) is 0 Å². The van der Waals surface area contributed by atoms with Crippen LogP contribution in [0.25, 0.3) is 0 Å². The van der Waals surface area contributed by atoms with Crippen molar-refractivity contribution in [3.05, 3.63) is 6.33 Å². The number of aromatic nitrogens is 8. The second kappa shape index (κ2) is 8.92. The van der Waals surface area contributed by atoms with Gasteiger partial charge in [0.2, 0.25) is 17.0 Å². The van der Waals surface area contributed by atoms with Crippen LogP contribution in [0.4, 0.5) is 0 Å². The Kier molecular flexibility index (Phi) is 6.70. The summed E-state index contributed by atoms with van der Waals surface area (Å²) >= 11 is 2.50. The molecule has 0 radical (unpaired) electrons. The van der Waals surface area contributed by atoms with Crippen molar-refractivity contribution in [2.45, 2.75) is 23.1 Å². The first-order chi connectivity index (χ1) is 13.9. The van der Waals surface area contributed by atoms with E-state index < -0.39 is 23.3 Å². The van der Waals surface area contributed by atoms with Crippen molar-refractivity contribution in [3.8, 4) is 0 Å². The number of thioether (sulfide) groups is 2. The number of aliphatic carboxylic acids is 1.